The molecular formula is C11H17N3OS2. The largest absolute Gasteiger partial charge is 0.375 e. The highest BCUT2D eigenvalue weighted by molar-refractivity contribution is 8.02. The Morgan fingerprint density at radius 1 is 1.65 bits per heavy atom. The van der Waals surface area contributed by atoms with Crippen molar-refractivity contribution >= 4 is 34.1 Å². The van der Waals surface area contributed by atoms with Gasteiger partial charge in [-0.25, -0.2) is 4.98 Å². The molecular weight excluding hydrogens is 254 g/mol. The molecule has 0 aromatic carbocycles. The Kier molecular flexibility index (Phi) is 4.28. The van der Waals surface area contributed by atoms with Gasteiger partial charge in [0.1, 0.15) is 0 Å². The molecule has 1 heterocycles. The minimum absolute atomic E-state index is 0.0875. The number of rotatable bonds is 4. The average Bonchev–Trinajstić information content (AvgIpc) is 2.90. The number of anilines is 1. The van der Waals surface area contributed by atoms with Crippen LogP contribution in [0, 0.1) is 0 Å². The molecule has 0 bridgehead atoms. The van der Waals surface area contributed by atoms with E-state index in [1.54, 1.807) is 6.20 Å². The van der Waals surface area contributed by atoms with Crippen molar-refractivity contribution in [2.24, 2.45) is 0 Å². The minimum Gasteiger partial charge on any atom is -0.375 e. The average molecular weight is 271 g/mol. The lowest BCUT2D eigenvalue weighted by molar-refractivity contribution is -0.120. The van der Waals surface area contributed by atoms with Crippen molar-refractivity contribution in [3.63, 3.8) is 0 Å². The van der Waals surface area contributed by atoms with Gasteiger partial charge in [-0.05, 0) is 19.8 Å². The Morgan fingerprint density at radius 2 is 2.35 bits per heavy atom. The zero-order valence-electron chi connectivity index (χ0n) is 9.81. The number of carbonyl (C=O) groups excluding carboxylic acids is 1. The first-order valence-electron chi connectivity index (χ1n) is 5.83. The molecule has 2 rings (SSSR count). The van der Waals surface area contributed by atoms with E-state index in [4.69, 9.17) is 5.73 Å². The lowest BCUT2D eigenvalue weighted by Crippen LogP contribution is -2.37. The zero-order chi connectivity index (χ0) is 12.3. The third kappa shape index (κ3) is 3.61. The Labute approximate surface area is 109 Å². The fourth-order valence-electron chi connectivity index (χ4n) is 1.94. The number of nitrogens with zero attached hydrogens (tertiary/aromatic N) is 1. The summed E-state index contributed by atoms with van der Waals surface area (Å²) in [6.07, 6.45) is 6.44. The molecule has 0 saturated heterocycles. The summed E-state index contributed by atoms with van der Waals surface area (Å²) >= 11 is 2.95. The molecule has 1 fully saturated rings. The van der Waals surface area contributed by atoms with Gasteiger partial charge in [0.05, 0.1) is 15.7 Å². The molecule has 0 spiro atoms. The second-order valence-corrected chi connectivity index (χ2v) is 6.97. The smallest absolute Gasteiger partial charge is 0.233 e. The van der Waals surface area contributed by atoms with Gasteiger partial charge in [0.2, 0.25) is 5.91 Å². The van der Waals surface area contributed by atoms with Gasteiger partial charge in [-0.3, -0.25) is 4.79 Å². The number of nitrogens with one attached hydrogen (secondary N) is 1. The number of nitrogens with two attached hydrogens (primary N) is 1. The molecule has 1 unspecified atom stereocenters. The van der Waals surface area contributed by atoms with Crippen molar-refractivity contribution in [2.75, 3.05) is 5.73 Å². The first kappa shape index (κ1) is 12.7. The maximum absolute atomic E-state index is 11.9. The lowest BCUT2D eigenvalue weighted by atomic mass is 10.2. The van der Waals surface area contributed by atoms with Crippen molar-refractivity contribution in [3.8, 4) is 0 Å². The van der Waals surface area contributed by atoms with Crippen LogP contribution in [0.2, 0.25) is 0 Å². The van der Waals surface area contributed by atoms with Crippen LogP contribution in [0.1, 0.15) is 32.6 Å². The molecule has 0 radical (unpaired) electrons. The van der Waals surface area contributed by atoms with Gasteiger partial charge >= 0.3 is 0 Å². The summed E-state index contributed by atoms with van der Waals surface area (Å²) in [5.74, 6) is 0.119. The number of thioether (sulfide) groups is 1. The Morgan fingerprint density at radius 3 is 2.94 bits per heavy atom. The molecule has 1 amide bonds. The van der Waals surface area contributed by atoms with E-state index in [9.17, 15) is 4.79 Å². The van der Waals surface area contributed by atoms with Crippen LogP contribution in [0.3, 0.4) is 0 Å². The fourth-order valence-corrected chi connectivity index (χ4v) is 3.88. The van der Waals surface area contributed by atoms with Crippen molar-refractivity contribution < 1.29 is 4.79 Å². The van der Waals surface area contributed by atoms with E-state index < -0.39 is 0 Å². The van der Waals surface area contributed by atoms with Crippen LogP contribution < -0.4 is 11.1 Å². The van der Waals surface area contributed by atoms with E-state index in [2.05, 4.69) is 10.3 Å². The van der Waals surface area contributed by atoms with Crippen LogP contribution in [0.5, 0.6) is 0 Å². The maximum atomic E-state index is 11.9. The zero-order valence-corrected chi connectivity index (χ0v) is 11.4. The van der Waals surface area contributed by atoms with Gasteiger partial charge in [-0.1, -0.05) is 24.2 Å². The third-order valence-corrected chi connectivity index (χ3v) is 4.93. The fraction of sp³-hybridized carbons (Fsp3) is 0.636. The number of hydrogen-bond acceptors (Lipinski definition) is 5. The van der Waals surface area contributed by atoms with Crippen LogP contribution in [-0.2, 0) is 4.79 Å². The van der Waals surface area contributed by atoms with Crippen molar-refractivity contribution in [1.29, 1.82) is 0 Å². The second kappa shape index (κ2) is 5.73. The first-order chi connectivity index (χ1) is 8.15. The van der Waals surface area contributed by atoms with Crippen molar-refractivity contribution in [3.05, 3.63) is 6.20 Å². The molecule has 1 aliphatic carbocycles. The summed E-state index contributed by atoms with van der Waals surface area (Å²) in [5.41, 5.74) is 5.56. The predicted octanol–water partition coefficient (Wildman–Crippen LogP) is 2.26. The molecule has 1 atom stereocenters. The van der Waals surface area contributed by atoms with Crippen LogP contribution in [0.4, 0.5) is 5.13 Å². The molecule has 6 heteroatoms. The molecule has 94 valence electrons. The minimum atomic E-state index is -0.0875. The topological polar surface area (TPSA) is 68.0 Å². The summed E-state index contributed by atoms with van der Waals surface area (Å²) in [6.45, 7) is 1.92. The van der Waals surface area contributed by atoms with E-state index in [1.807, 2.05) is 6.92 Å². The highest BCUT2D eigenvalue weighted by atomic mass is 32.2. The summed E-state index contributed by atoms with van der Waals surface area (Å²) in [6, 6.07) is 0.386. The number of hydrogen-bond donors (Lipinski definition) is 2. The molecule has 3 N–H and O–H groups in total. The van der Waals surface area contributed by atoms with Crippen molar-refractivity contribution in [2.45, 2.75) is 48.1 Å². The number of carbonyl (C=O) groups is 1. The highest BCUT2D eigenvalue weighted by Gasteiger charge is 2.21. The Balaban J connectivity index is 1.82. The van der Waals surface area contributed by atoms with Gasteiger partial charge in [-0.2, -0.15) is 0 Å². The molecule has 17 heavy (non-hydrogen) atoms. The molecule has 0 aliphatic heterocycles. The van der Waals surface area contributed by atoms with E-state index in [-0.39, 0.29) is 11.2 Å². The first-order valence-corrected chi connectivity index (χ1v) is 7.53. The van der Waals surface area contributed by atoms with Crippen LogP contribution >= 0.6 is 23.1 Å². The summed E-state index contributed by atoms with van der Waals surface area (Å²) in [5, 5.41) is 3.56. The molecule has 1 saturated carbocycles. The molecule has 1 aliphatic rings. The van der Waals surface area contributed by atoms with Crippen molar-refractivity contribution in [1.82, 2.24) is 10.3 Å². The monoisotopic (exact) mass is 271 g/mol. The predicted molar refractivity (Wildman–Crippen MR) is 72.2 cm³/mol. The Hall–Kier alpha value is -0.750. The molecule has 1 aromatic heterocycles. The summed E-state index contributed by atoms with van der Waals surface area (Å²) in [7, 11) is 0. The van der Waals surface area contributed by atoms with Crippen LogP contribution in [0.25, 0.3) is 0 Å². The summed E-state index contributed by atoms with van der Waals surface area (Å²) < 4.78 is 0.997. The number of nitrogen functional groups attached to an aromatic ring is 1. The standard InChI is InChI=1S/C11H17N3OS2/c1-7(16-9-6-13-11(12)17-9)10(15)14-8-4-2-3-5-8/h6-8H,2-5H2,1H3,(H2,12,13)(H,14,15). The van der Waals surface area contributed by atoms with Crippen LogP contribution in [-0.4, -0.2) is 22.2 Å². The molecule has 4 nitrogen and oxygen atoms in total. The van der Waals surface area contributed by atoms with Gasteiger partial charge in [0, 0.05) is 6.04 Å². The number of amides is 1. The lowest BCUT2D eigenvalue weighted by Gasteiger charge is -2.15. The maximum Gasteiger partial charge on any atom is 0.233 e. The number of thiazole rings is 1. The van der Waals surface area contributed by atoms with E-state index in [0.717, 1.165) is 17.1 Å². The van der Waals surface area contributed by atoms with Gasteiger partial charge < -0.3 is 11.1 Å². The van der Waals surface area contributed by atoms with Gasteiger partial charge in [-0.15, -0.1) is 11.8 Å². The highest BCUT2D eigenvalue weighted by Crippen LogP contribution is 2.30. The number of aromatic nitrogens is 1. The Bertz CT molecular complexity index is 388. The molecule has 1 aromatic rings. The van der Waals surface area contributed by atoms with E-state index in [0.29, 0.717) is 11.2 Å². The second-order valence-electron chi connectivity index (χ2n) is 4.27. The van der Waals surface area contributed by atoms with Crippen LogP contribution in [0.15, 0.2) is 10.4 Å². The third-order valence-electron chi connectivity index (χ3n) is 2.87. The normalized spacial score (nSPS) is 18.2. The quantitative estimate of drug-likeness (QED) is 0.824. The summed E-state index contributed by atoms with van der Waals surface area (Å²) in [4.78, 5) is 15.9. The van der Waals surface area contributed by atoms with Gasteiger partial charge in [0.25, 0.3) is 0 Å². The SMILES string of the molecule is CC(Sc1cnc(N)s1)C(=O)NC1CCCC1. The van der Waals surface area contributed by atoms with E-state index >= 15 is 0 Å². The van der Waals surface area contributed by atoms with E-state index in [1.165, 1.54) is 35.9 Å². The van der Waals surface area contributed by atoms with Gasteiger partial charge in [0.15, 0.2) is 5.13 Å².